The van der Waals surface area contributed by atoms with E-state index in [0.717, 1.165) is 37.2 Å². The molecule has 4 unspecified atom stereocenters. The molecule has 0 aromatic rings. The average molecular weight is 345 g/mol. The normalized spacial score (nSPS) is 60.3. The Balaban J connectivity index is 1.48. The van der Waals surface area contributed by atoms with Crippen LogP contribution in [0.15, 0.2) is 11.6 Å². The van der Waals surface area contributed by atoms with E-state index < -0.39 is 5.60 Å². The molecule has 8 atom stereocenters. The predicted octanol–water partition coefficient (Wildman–Crippen LogP) is 5.11. The van der Waals surface area contributed by atoms with Gasteiger partial charge in [0.1, 0.15) is 0 Å². The summed E-state index contributed by atoms with van der Waals surface area (Å²) < 4.78 is 5.83. The summed E-state index contributed by atoms with van der Waals surface area (Å²) in [6.07, 6.45) is 13.0. The first-order chi connectivity index (χ1) is 11.7. The number of ether oxygens (including phenoxy) is 1. The third kappa shape index (κ3) is 2.10. The molecule has 1 N–H and O–H groups in total. The smallest absolute Gasteiger partial charge is 0.0868 e. The Morgan fingerprint density at radius 2 is 1.64 bits per heavy atom. The van der Waals surface area contributed by atoms with Crippen molar-refractivity contribution in [2.24, 2.45) is 34.0 Å². The van der Waals surface area contributed by atoms with Crippen LogP contribution in [-0.4, -0.2) is 23.4 Å². The molecule has 1 aliphatic heterocycles. The van der Waals surface area contributed by atoms with Crippen LogP contribution < -0.4 is 0 Å². The van der Waals surface area contributed by atoms with Crippen molar-refractivity contribution < 1.29 is 9.84 Å². The summed E-state index contributed by atoms with van der Waals surface area (Å²) in [5, 5.41) is 10.6. The van der Waals surface area contributed by atoms with Gasteiger partial charge >= 0.3 is 0 Å². The molecule has 1 heterocycles. The van der Waals surface area contributed by atoms with Crippen LogP contribution >= 0.6 is 0 Å². The van der Waals surface area contributed by atoms with E-state index in [1.807, 2.05) is 6.92 Å². The number of rotatable bonds is 1. The minimum Gasteiger partial charge on any atom is -0.390 e. The maximum Gasteiger partial charge on any atom is 0.0868 e. The van der Waals surface area contributed by atoms with E-state index in [1.54, 1.807) is 5.57 Å². The Labute approximate surface area is 153 Å². The Hall–Kier alpha value is -0.340. The zero-order chi connectivity index (χ0) is 17.7. The fourth-order valence-electron chi connectivity index (χ4n) is 8.05. The molecule has 0 spiro atoms. The standard InChI is InChI=1S/C23H36O2/c1-20(24)11-12-21(2)15(13-20)5-6-16-17(21)7-9-22(3)18(16)8-10-23(22,4)19-14-25-19/h5,16-19,24H,6-14H2,1-4H3/t16?,17?,18?,19?,20-,21-,22-,23-/m0/s1. The largest absolute Gasteiger partial charge is 0.390 e. The summed E-state index contributed by atoms with van der Waals surface area (Å²) in [7, 11) is 0. The Kier molecular flexibility index (Phi) is 3.31. The highest BCUT2D eigenvalue weighted by Crippen LogP contribution is 2.71. The number of hydrogen-bond acceptors (Lipinski definition) is 2. The molecular formula is C23H36O2. The van der Waals surface area contributed by atoms with E-state index in [-0.39, 0.29) is 0 Å². The van der Waals surface area contributed by atoms with E-state index in [9.17, 15) is 5.11 Å². The van der Waals surface area contributed by atoms with Crippen molar-refractivity contribution >= 4 is 0 Å². The van der Waals surface area contributed by atoms with E-state index in [0.29, 0.717) is 22.3 Å². The molecule has 4 aliphatic carbocycles. The summed E-state index contributed by atoms with van der Waals surface area (Å²) >= 11 is 0. The molecule has 3 saturated carbocycles. The molecule has 0 amide bonds. The number of hydrogen-bond donors (Lipinski definition) is 1. The first kappa shape index (κ1) is 16.8. The van der Waals surface area contributed by atoms with E-state index in [4.69, 9.17) is 4.74 Å². The molecule has 5 rings (SSSR count). The van der Waals surface area contributed by atoms with E-state index in [2.05, 4.69) is 26.8 Å². The Morgan fingerprint density at radius 1 is 0.960 bits per heavy atom. The molecule has 0 aromatic heterocycles. The second-order valence-electron chi connectivity index (χ2n) is 11.2. The van der Waals surface area contributed by atoms with Crippen molar-refractivity contribution in [3.8, 4) is 0 Å². The molecule has 0 aromatic carbocycles. The number of aliphatic hydroxyl groups is 1. The van der Waals surface area contributed by atoms with Gasteiger partial charge in [-0.1, -0.05) is 32.4 Å². The number of allylic oxidation sites excluding steroid dienone is 1. The van der Waals surface area contributed by atoms with Crippen molar-refractivity contribution in [2.75, 3.05) is 6.61 Å². The van der Waals surface area contributed by atoms with Gasteiger partial charge in [-0.25, -0.2) is 0 Å². The lowest BCUT2D eigenvalue weighted by Crippen LogP contribution is -2.53. The first-order valence-electron chi connectivity index (χ1n) is 10.7. The molecule has 25 heavy (non-hydrogen) atoms. The van der Waals surface area contributed by atoms with Crippen LogP contribution in [0, 0.1) is 34.0 Å². The van der Waals surface area contributed by atoms with Gasteiger partial charge in [0.15, 0.2) is 0 Å². The molecule has 140 valence electrons. The Morgan fingerprint density at radius 3 is 2.36 bits per heavy atom. The molecule has 1 saturated heterocycles. The molecule has 0 bridgehead atoms. The second-order valence-corrected chi connectivity index (χ2v) is 11.2. The lowest BCUT2D eigenvalue weighted by atomic mass is 9.45. The van der Waals surface area contributed by atoms with Crippen LogP contribution in [-0.2, 0) is 4.74 Å². The van der Waals surface area contributed by atoms with Gasteiger partial charge in [-0.05, 0) is 86.9 Å². The predicted molar refractivity (Wildman–Crippen MR) is 100 cm³/mol. The minimum atomic E-state index is -0.476. The minimum absolute atomic E-state index is 0.349. The fraction of sp³-hybridized carbons (Fsp3) is 0.913. The first-order valence-corrected chi connectivity index (χ1v) is 10.7. The summed E-state index contributed by atoms with van der Waals surface area (Å²) in [6.45, 7) is 10.7. The summed E-state index contributed by atoms with van der Waals surface area (Å²) in [4.78, 5) is 0. The topological polar surface area (TPSA) is 32.8 Å². The molecular weight excluding hydrogens is 308 g/mol. The van der Waals surface area contributed by atoms with Gasteiger partial charge in [-0.3, -0.25) is 0 Å². The molecule has 4 fully saturated rings. The van der Waals surface area contributed by atoms with Gasteiger partial charge < -0.3 is 9.84 Å². The highest BCUT2D eigenvalue weighted by Gasteiger charge is 2.66. The zero-order valence-electron chi connectivity index (χ0n) is 16.6. The third-order valence-corrected chi connectivity index (χ3v) is 10.1. The van der Waals surface area contributed by atoms with E-state index in [1.165, 1.54) is 38.5 Å². The lowest BCUT2D eigenvalue weighted by molar-refractivity contribution is -0.0873. The van der Waals surface area contributed by atoms with Crippen molar-refractivity contribution in [2.45, 2.75) is 90.8 Å². The van der Waals surface area contributed by atoms with Gasteiger partial charge in [-0.2, -0.15) is 0 Å². The van der Waals surface area contributed by atoms with Crippen molar-refractivity contribution in [1.82, 2.24) is 0 Å². The summed E-state index contributed by atoms with van der Waals surface area (Å²) in [5.41, 5.74) is 2.33. The maximum absolute atomic E-state index is 10.6. The SMILES string of the molecule is C[C@]1(O)CC[C@@]2(C)C(=CCC3C2CC[C@@]2(C)C3CC[C@@]2(C)C2CO2)C1. The third-order valence-electron chi connectivity index (χ3n) is 10.1. The number of epoxide rings is 1. The molecule has 2 nitrogen and oxygen atoms in total. The van der Waals surface area contributed by atoms with Crippen molar-refractivity contribution in [3.05, 3.63) is 11.6 Å². The molecule has 2 heteroatoms. The highest BCUT2D eigenvalue weighted by atomic mass is 16.6. The van der Waals surface area contributed by atoms with Gasteiger partial charge in [0, 0.05) is 5.41 Å². The quantitative estimate of drug-likeness (QED) is 0.530. The zero-order valence-corrected chi connectivity index (χ0v) is 16.6. The van der Waals surface area contributed by atoms with Crippen LogP contribution in [0.4, 0.5) is 0 Å². The monoisotopic (exact) mass is 344 g/mol. The molecule has 0 radical (unpaired) electrons. The maximum atomic E-state index is 10.6. The van der Waals surface area contributed by atoms with E-state index >= 15 is 0 Å². The van der Waals surface area contributed by atoms with Crippen LogP contribution in [0.5, 0.6) is 0 Å². The highest BCUT2D eigenvalue weighted by molar-refractivity contribution is 5.27. The van der Waals surface area contributed by atoms with Crippen LogP contribution in [0.3, 0.4) is 0 Å². The summed E-state index contributed by atoms with van der Waals surface area (Å²) in [5.74, 6) is 2.57. The van der Waals surface area contributed by atoms with Crippen molar-refractivity contribution in [3.63, 3.8) is 0 Å². The van der Waals surface area contributed by atoms with Crippen molar-refractivity contribution in [1.29, 1.82) is 0 Å². The van der Waals surface area contributed by atoms with Gasteiger partial charge in [0.25, 0.3) is 0 Å². The van der Waals surface area contributed by atoms with Gasteiger partial charge in [-0.15, -0.1) is 0 Å². The second kappa shape index (κ2) is 4.93. The van der Waals surface area contributed by atoms with Crippen LogP contribution in [0.2, 0.25) is 0 Å². The van der Waals surface area contributed by atoms with Gasteiger partial charge in [0.2, 0.25) is 0 Å². The van der Waals surface area contributed by atoms with Crippen LogP contribution in [0.1, 0.15) is 79.1 Å². The van der Waals surface area contributed by atoms with Gasteiger partial charge in [0.05, 0.1) is 18.3 Å². The average Bonchev–Trinajstić information content (AvgIpc) is 3.35. The summed E-state index contributed by atoms with van der Waals surface area (Å²) in [6, 6.07) is 0. The number of fused-ring (bicyclic) bond motifs is 5. The Bertz CT molecular complexity index is 618. The molecule has 5 aliphatic rings. The lowest BCUT2D eigenvalue weighted by Gasteiger charge is -2.60. The van der Waals surface area contributed by atoms with Crippen LogP contribution in [0.25, 0.3) is 0 Å². The fourth-order valence-corrected chi connectivity index (χ4v) is 8.05.